The van der Waals surface area contributed by atoms with Gasteiger partial charge in [-0.15, -0.1) is 0 Å². The number of halogens is 1. The second-order valence-corrected chi connectivity index (χ2v) is 11.7. The van der Waals surface area contributed by atoms with Gasteiger partial charge in [0.1, 0.15) is 16.7 Å². The highest BCUT2D eigenvalue weighted by Gasteiger charge is 2.29. The minimum absolute atomic E-state index is 0.0637. The van der Waals surface area contributed by atoms with E-state index in [1.807, 2.05) is 34.9 Å². The van der Waals surface area contributed by atoms with E-state index in [9.17, 15) is 9.59 Å². The summed E-state index contributed by atoms with van der Waals surface area (Å²) in [5.41, 5.74) is 1.07. The Morgan fingerprint density at radius 2 is 1.77 bits per heavy atom. The Hall–Kier alpha value is -2.72. The van der Waals surface area contributed by atoms with Crippen molar-refractivity contribution in [1.82, 2.24) is 19.8 Å². The van der Waals surface area contributed by atoms with Gasteiger partial charge in [-0.2, -0.15) is 0 Å². The molecule has 0 spiro atoms. The second-order valence-electron chi connectivity index (χ2n) is 10.4. The van der Waals surface area contributed by atoms with Crippen LogP contribution in [-0.4, -0.2) is 95.8 Å². The van der Waals surface area contributed by atoms with Gasteiger partial charge in [0.15, 0.2) is 5.16 Å². The monoisotopic (exact) mass is 574 g/mol. The quantitative estimate of drug-likeness (QED) is 0.252. The number of nitrogens with zero attached hydrogens (tertiary/aromatic N) is 6. The summed E-state index contributed by atoms with van der Waals surface area (Å²) in [5.74, 6) is 2.47. The third-order valence-corrected chi connectivity index (χ3v) is 8.00. The zero-order valence-electron chi connectivity index (χ0n) is 23.3. The summed E-state index contributed by atoms with van der Waals surface area (Å²) in [7, 11) is 0. The van der Waals surface area contributed by atoms with Crippen LogP contribution >= 0.6 is 23.4 Å². The third kappa shape index (κ3) is 7.69. The molecule has 2 aliphatic heterocycles. The molecule has 0 aliphatic carbocycles. The first-order valence-electron chi connectivity index (χ1n) is 13.7. The Kier molecular flexibility index (Phi) is 10.2. The summed E-state index contributed by atoms with van der Waals surface area (Å²) in [6.45, 7) is 13.6. The fourth-order valence-electron chi connectivity index (χ4n) is 5.02. The molecule has 2 saturated heterocycles. The molecule has 0 bridgehead atoms. The van der Waals surface area contributed by atoms with Crippen LogP contribution in [0, 0.1) is 5.92 Å². The average molecular weight is 575 g/mol. The van der Waals surface area contributed by atoms with Crippen LogP contribution in [0.3, 0.4) is 0 Å². The van der Waals surface area contributed by atoms with E-state index < -0.39 is 0 Å². The first-order chi connectivity index (χ1) is 18.7. The van der Waals surface area contributed by atoms with E-state index in [2.05, 4.69) is 41.6 Å². The van der Waals surface area contributed by atoms with Crippen molar-refractivity contribution >= 4 is 46.7 Å². The lowest BCUT2D eigenvalue weighted by Gasteiger charge is -2.40. The molecule has 0 saturated carbocycles. The van der Waals surface area contributed by atoms with Gasteiger partial charge in [0.05, 0.1) is 18.0 Å². The van der Waals surface area contributed by atoms with Gasteiger partial charge in [-0.3, -0.25) is 9.59 Å². The summed E-state index contributed by atoms with van der Waals surface area (Å²) in [4.78, 5) is 42.9. The molecule has 11 heteroatoms. The summed E-state index contributed by atoms with van der Waals surface area (Å²) >= 11 is 7.66. The minimum atomic E-state index is 0.0637. The number of ether oxygens (including phenoxy) is 1. The highest BCUT2D eigenvalue weighted by molar-refractivity contribution is 7.99. The van der Waals surface area contributed by atoms with Crippen molar-refractivity contribution in [3.63, 3.8) is 0 Å². The molecule has 0 radical (unpaired) electrons. The predicted molar refractivity (Wildman–Crippen MR) is 157 cm³/mol. The first kappa shape index (κ1) is 29.3. The fourth-order valence-corrected chi connectivity index (χ4v) is 6.01. The van der Waals surface area contributed by atoms with Crippen molar-refractivity contribution in [3.8, 4) is 5.75 Å². The number of anilines is 2. The van der Waals surface area contributed by atoms with E-state index in [0.29, 0.717) is 62.0 Å². The van der Waals surface area contributed by atoms with Gasteiger partial charge in [-0.25, -0.2) is 9.97 Å². The van der Waals surface area contributed by atoms with Crippen molar-refractivity contribution in [2.45, 2.75) is 45.3 Å². The third-order valence-electron chi connectivity index (χ3n) is 6.98. The Morgan fingerprint density at radius 3 is 2.46 bits per heavy atom. The Labute approximate surface area is 240 Å². The number of rotatable bonds is 9. The maximum absolute atomic E-state index is 13.0. The molecule has 212 valence electrons. The van der Waals surface area contributed by atoms with Crippen LogP contribution in [0.1, 0.15) is 34.1 Å². The number of piperazine rings is 2. The smallest absolute Gasteiger partial charge is 0.233 e. The zero-order valence-corrected chi connectivity index (χ0v) is 24.9. The van der Waals surface area contributed by atoms with Crippen LogP contribution in [0.5, 0.6) is 5.75 Å². The number of carbonyl (C=O) groups is 2. The maximum atomic E-state index is 13.0. The molecule has 39 heavy (non-hydrogen) atoms. The van der Waals surface area contributed by atoms with Crippen molar-refractivity contribution in [3.05, 3.63) is 35.5 Å². The van der Waals surface area contributed by atoms with Crippen LogP contribution in [0.2, 0.25) is 5.15 Å². The Balaban J connectivity index is 1.30. The molecular weight excluding hydrogens is 536 g/mol. The molecule has 2 aliphatic rings. The van der Waals surface area contributed by atoms with Gasteiger partial charge in [-0.05, 0) is 31.9 Å². The highest BCUT2D eigenvalue weighted by Crippen LogP contribution is 2.29. The van der Waals surface area contributed by atoms with Gasteiger partial charge in [0.2, 0.25) is 11.8 Å². The number of para-hydroxylation sites is 2. The van der Waals surface area contributed by atoms with Crippen LogP contribution < -0.4 is 14.5 Å². The van der Waals surface area contributed by atoms with Crippen molar-refractivity contribution in [2.24, 2.45) is 5.92 Å². The van der Waals surface area contributed by atoms with Gasteiger partial charge >= 0.3 is 0 Å². The van der Waals surface area contributed by atoms with E-state index >= 15 is 0 Å². The average Bonchev–Trinajstić information content (AvgIpc) is 2.91. The van der Waals surface area contributed by atoms with E-state index in [1.54, 1.807) is 6.07 Å². The highest BCUT2D eigenvalue weighted by atomic mass is 35.5. The molecule has 2 aromatic rings. The number of amides is 2. The zero-order chi connectivity index (χ0) is 27.9. The topological polar surface area (TPSA) is 82.1 Å². The molecule has 9 nitrogen and oxygen atoms in total. The normalized spacial score (nSPS) is 18.1. The molecule has 1 unspecified atom stereocenters. The van der Waals surface area contributed by atoms with E-state index in [0.717, 1.165) is 30.3 Å². The fraction of sp³-hybridized carbons (Fsp3) is 0.571. The number of hydrogen-bond donors (Lipinski definition) is 0. The minimum Gasteiger partial charge on any atom is -0.492 e. The number of thioether (sulfide) groups is 1. The summed E-state index contributed by atoms with van der Waals surface area (Å²) in [6.07, 6.45) is 0.564. The molecule has 2 amide bonds. The lowest BCUT2D eigenvalue weighted by Crippen LogP contribution is -2.54. The Bertz CT molecular complexity index is 1140. The summed E-state index contributed by atoms with van der Waals surface area (Å²) < 4.78 is 5.78. The SMILES string of the molecule is CCOc1ccccc1N1CCN(C(=O)CSc2nc(Cl)cc(N3CCN(C(=O)CC(C)C)C(C)C3)n2)CC1. The van der Waals surface area contributed by atoms with Gasteiger partial charge in [-0.1, -0.05) is 49.3 Å². The molecule has 1 aromatic carbocycles. The van der Waals surface area contributed by atoms with Crippen LogP contribution in [0.4, 0.5) is 11.5 Å². The molecule has 0 N–H and O–H groups in total. The van der Waals surface area contributed by atoms with E-state index in [4.69, 9.17) is 21.3 Å². The maximum Gasteiger partial charge on any atom is 0.233 e. The predicted octanol–water partition coefficient (Wildman–Crippen LogP) is 4.05. The molecule has 1 atom stereocenters. The molecular formula is C28H39ClN6O3S. The van der Waals surface area contributed by atoms with Crippen LogP contribution in [0.25, 0.3) is 0 Å². The number of carbonyl (C=O) groups excluding carboxylic acids is 2. The molecule has 1 aromatic heterocycles. The number of benzene rings is 1. The second kappa shape index (κ2) is 13.6. The Morgan fingerprint density at radius 1 is 1.05 bits per heavy atom. The van der Waals surface area contributed by atoms with E-state index in [1.165, 1.54) is 11.8 Å². The van der Waals surface area contributed by atoms with Crippen LogP contribution in [-0.2, 0) is 9.59 Å². The molecule has 2 fully saturated rings. The van der Waals surface area contributed by atoms with Crippen molar-refractivity contribution in [2.75, 3.05) is 68.0 Å². The van der Waals surface area contributed by atoms with E-state index in [-0.39, 0.29) is 23.6 Å². The van der Waals surface area contributed by atoms with Crippen molar-refractivity contribution in [1.29, 1.82) is 0 Å². The first-order valence-corrected chi connectivity index (χ1v) is 15.1. The molecule has 4 rings (SSSR count). The van der Waals surface area contributed by atoms with Crippen molar-refractivity contribution < 1.29 is 14.3 Å². The van der Waals surface area contributed by atoms with Gasteiger partial charge < -0.3 is 24.3 Å². The largest absolute Gasteiger partial charge is 0.492 e. The lowest BCUT2D eigenvalue weighted by molar-refractivity contribution is -0.134. The van der Waals surface area contributed by atoms with Gasteiger partial charge in [0, 0.05) is 64.3 Å². The van der Waals surface area contributed by atoms with Gasteiger partial charge in [0.25, 0.3) is 0 Å². The standard InChI is InChI=1S/C28H39ClN6O3S/c1-5-38-23-9-7-6-8-22(23)32-10-12-33(13-11-32)27(37)19-39-28-30-24(29)17-25(31-28)34-14-15-35(21(4)18-34)26(36)16-20(2)3/h6-9,17,20-21H,5,10-16,18-19H2,1-4H3. The number of aromatic nitrogens is 2. The summed E-state index contributed by atoms with van der Waals surface area (Å²) in [5, 5.41) is 0.837. The van der Waals surface area contributed by atoms with Crippen LogP contribution in [0.15, 0.2) is 35.5 Å². The number of hydrogen-bond acceptors (Lipinski definition) is 8. The summed E-state index contributed by atoms with van der Waals surface area (Å²) in [6, 6.07) is 9.87. The lowest BCUT2D eigenvalue weighted by atomic mass is 10.1. The molecule has 3 heterocycles.